The van der Waals surface area contributed by atoms with Gasteiger partial charge in [-0.15, -0.1) is 18.8 Å². The molecule has 1 aromatic carbocycles. The molecular weight excluding hydrogens is 210 g/mol. The predicted octanol–water partition coefficient (Wildman–Crippen LogP) is 2.02. The number of rotatable bonds is 2. The van der Waals surface area contributed by atoms with Crippen LogP contribution in [0.25, 0.3) is 0 Å². The first-order valence-electron chi connectivity index (χ1n) is 4.80. The SMILES string of the molecule is C#CCNC1CCc2c(O)cccc21.Cl. The summed E-state index contributed by atoms with van der Waals surface area (Å²) in [5.41, 5.74) is 2.27. The van der Waals surface area contributed by atoms with E-state index in [1.54, 1.807) is 6.07 Å². The molecule has 0 amide bonds. The van der Waals surface area contributed by atoms with Crippen LogP contribution in [0.2, 0.25) is 0 Å². The molecule has 80 valence electrons. The minimum Gasteiger partial charge on any atom is -0.508 e. The maximum Gasteiger partial charge on any atom is 0.119 e. The second kappa shape index (κ2) is 5.06. The third-order valence-electron chi connectivity index (χ3n) is 2.70. The van der Waals surface area contributed by atoms with E-state index in [4.69, 9.17) is 6.42 Å². The Morgan fingerprint density at radius 1 is 1.53 bits per heavy atom. The summed E-state index contributed by atoms with van der Waals surface area (Å²) in [7, 11) is 0. The molecule has 2 nitrogen and oxygen atoms in total. The highest BCUT2D eigenvalue weighted by Gasteiger charge is 2.23. The number of benzene rings is 1. The molecule has 0 fully saturated rings. The quantitative estimate of drug-likeness (QED) is 0.752. The smallest absolute Gasteiger partial charge is 0.119 e. The molecule has 0 bridgehead atoms. The molecule has 15 heavy (non-hydrogen) atoms. The maximum atomic E-state index is 9.61. The van der Waals surface area contributed by atoms with Crippen LogP contribution in [-0.4, -0.2) is 11.7 Å². The van der Waals surface area contributed by atoms with E-state index in [1.165, 1.54) is 5.56 Å². The van der Waals surface area contributed by atoms with Crippen molar-refractivity contribution in [2.24, 2.45) is 0 Å². The zero-order chi connectivity index (χ0) is 9.97. The van der Waals surface area contributed by atoms with Crippen LogP contribution >= 0.6 is 12.4 Å². The number of hydrogen-bond donors (Lipinski definition) is 2. The molecule has 1 unspecified atom stereocenters. The van der Waals surface area contributed by atoms with Crippen molar-refractivity contribution in [1.29, 1.82) is 0 Å². The van der Waals surface area contributed by atoms with Crippen molar-refractivity contribution >= 4 is 12.4 Å². The summed E-state index contributed by atoms with van der Waals surface area (Å²) in [6.07, 6.45) is 7.15. The Balaban J connectivity index is 0.00000112. The molecule has 0 radical (unpaired) electrons. The second-order valence-electron chi connectivity index (χ2n) is 3.52. The number of aromatic hydroxyl groups is 1. The monoisotopic (exact) mass is 223 g/mol. The van der Waals surface area contributed by atoms with Crippen molar-refractivity contribution in [2.45, 2.75) is 18.9 Å². The van der Waals surface area contributed by atoms with Gasteiger partial charge >= 0.3 is 0 Å². The van der Waals surface area contributed by atoms with Gasteiger partial charge in [-0.1, -0.05) is 18.1 Å². The standard InChI is InChI=1S/C12H13NO.ClH/c1-2-8-13-11-7-6-10-9(11)4-3-5-12(10)14;/h1,3-5,11,13-14H,6-8H2;1H. The van der Waals surface area contributed by atoms with Crippen LogP contribution in [0.3, 0.4) is 0 Å². The van der Waals surface area contributed by atoms with Crippen molar-refractivity contribution in [3.63, 3.8) is 0 Å². The first kappa shape index (κ1) is 11.9. The average molecular weight is 224 g/mol. The summed E-state index contributed by atoms with van der Waals surface area (Å²) in [6.45, 7) is 0.583. The number of nitrogens with one attached hydrogen (secondary N) is 1. The molecule has 1 aliphatic carbocycles. The highest BCUT2D eigenvalue weighted by molar-refractivity contribution is 5.85. The van der Waals surface area contributed by atoms with Crippen LogP contribution in [0.4, 0.5) is 0 Å². The number of terminal acetylenes is 1. The molecule has 0 saturated heterocycles. The van der Waals surface area contributed by atoms with E-state index in [0.29, 0.717) is 18.3 Å². The second-order valence-corrected chi connectivity index (χ2v) is 3.52. The zero-order valence-electron chi connectivity index (χ0n) is 8.36. The van der Waals surface area contributed by atoms with Crippen molar-refractivity contribution in [2.75, 3.05) is 6.54 Å². The lowest BCUT2D eigenvalue weighted by atomic mass is 10.1. The fraction of sp³-hybridized carbons (Fsp3) is 0.333. The maximum absolute atomic E-state index is 9.61. The first-order valence-corrected chi connectivity index (χ1v) is 4.80. The average Bonchev–Trinajstić information content (AvgIpc) is 2.60. The van der Waals surface area contributed by atoms with Gasteiger partial charge in [-0.05, 0) is 30.0 Å². The summed E-state index contributed by atoms with van der Waals surface area (Å²) < 4.78 is 0. The minimum atomic E-state index is 0. The Bertz CT molecular complexity index is 384. The Kier molecular flexibility index (Phi) is 4.02. The van der Waals surface area contributed by atoms with Crippen LogP contribution in [0.1, 0.15) is 23.6 Å². The van der Waals surface area contributed by atoms with Crippen LogP contribution in [-0.2, 0) is 6.42 Å². The molecular formula is C12H14ClNO. The van der Waals surface area contributed by atoms with Gasteiger partial charge in [-0.25, -0.2) is 0 Å². The fourth-order valence-electron chi connectivity index (χ4n) is 2.03. The third-order valence-corrected chi connectivity index (χ3v) is 2.70. The molecule has 0 aromatic heterocycles. The highest BCUT2D eigenvalue weighted by atomic mass is 35.5. The van der Waals surface area contributed by atoms with Crippen molar-refractivity contribution in [3.05, 3.63) is 29.3 Å². The Morgan fingerprint density at radius 3 is 3.07 bits per heavy atom. The van der Waals surface area contributed by atoms with E-state index >= 15 is 0 Å². The largest absolute Gasteiger partial charge is 0.508 e. The van der Waals surface area contributed by atoms with Gasteiger partial charge in [0.25, 0.3) is 0 Å². The van der Waals surface area contributed by atoms with Gasteiger partial charge in [0, 0.05) is 6.04 Å². The zero-order valence-corrected chi connectivity index (χ0v) is 9.18. The molecule has 0 aliphatic heterocycles. The van der Waals surface area contributed by atoms with E-state index in [9.17, 15) is 5.11 Å². The van der Waals surface area contributed by atoms with E-state index in [2.05, 4.69) is 17.3 Å². The Morgan fingerprint density at radius 2 is 2.33 bits per heavy atom. The van der Waals surface area contributed by atoms with Crippen molar-refractivity contribution in [3.8, 4) is 18.1 Å². The summed E-state index contributed by atoms with van der Waals surface area (Å²) in [5.74, 6) is 2.98. The van der Waals surface area contributed by atoms with Gasteiger partial charge in [0.1, 0.15) is 5.75 Å². The fourth-order valence-corrected chi connectivity index (χ4v) is 2.03. The minimum absolute atomic E-state index is 0. The normalized spacial score (nSPS) is 17.7. The van der Waals surface area contributed by atoms with Crippen LogP contribution in [0, 0.1) is 12.3 Å². The van der Waals surface area contributed by atoms with Gasteiger partial charge in [0.2, 0.25) is 0 Å². The van der Waals surface area contributed by atoms with Crippen molar-refractivity contribution in [1.82, 2.24) is 5.32 Å². The van der Waals surface area contributed by atoms with Gasteiger partial charge in [0.15, 0.2) is 0 Å². The summed E-state index contributed by atoms with van der Waals surface area (Å²) in [6, 6.07) is 5.98. The van der Waals surface area contributed by atoms with Crippen LogP contribution in [0.5, 0.6) is 5.75 Å². The van der Waals surface area contributed by atoms with E-state index < -0.39 is 0 Å². The molecule has 2 rings (SSSR count). The lowest BCUT2D eigenvalue weighted by molar-refractivity contribution is 0.469. The highest BCUT2D eigenvalue weighted by Crippen LogP contribution is 2.35. The molecule has 0 heterocycles. The Labute approximate surface area is 96.1 Å². The number of halogens is 1. The van der Waals surface area contributed by atoms with E-state index in [0.717, 1.165) is 18.4 Å². The predicted molar refractivity (Wildman–Crippen MR) is 63.3 cm³/mol. The van der Waals surface area contributed by atoms with Gasteiger partial charge in [-0.2, -0.15) is 0 Å². The summed E-state index contributed by atoms with van der Waals surface area (Å²) >= 11 is 0. The lowest BCUT2D eigenvalue weighted by Crippen LogP contribution is -2.19. The lowest BCUT2D eigenvalue weighted by Gasteiger charge is -2.11. The molecule has 3 heteroatoms. The number of phenolic OH excluding ortho intramolecular Hbond substituents is 1. The van der Waals surface area contributed by atoms with Gasteiger partial charge < -0.3 is 5.11 Å². The molecule has 1 atom stereocenters. The number of fused-ring (bicyclic) bond motifs is 1. The molecule has 1 aromatic rings. The van der Waals surface area contributed by atoms with E-state index in [1.807, 2.05) is 6.07 Å². The van der Waals surface area contributed by atoms with Crippen LogP contribution in [0.15, 0.2) is 18.2 Å². The van der Waals surface area contributed by atoms with E-state index in [-0.39, 0.29) is 12.4 Å². The Hall–Kier alpha value is -1.17. The topological polar surface area (TPSA) is 32.3 Å². The van der Waals surface area contributed by atoms with Gasteiger partial charge in [-0.3, -0.25) is 5.32 Å². The molecule has 0 spiro atoms. The van der Waals surface area contributed by atoms with Gasteiger partial charge in [0.05, 0.1) is 6.54 Å². The number of phenols is 1. The van der Waals surface area contributed by atoms with Crippen LogP contribution < -0.4 is 5.32 Å². The third kappa shape index (κ3) is 2.26. The molecule has 0 saturated carbocycles. The summed E-state index contributed by atoms with van der Waals surface area (Å²) in [5, 5.41) is 12.9. The number of hydrogen-bond acceptors (Lipinski definition) is 2. The van der Waals surface area contributed by atoms with Crippen molar-refractivity contribution < 1.29 is 5.11 Å². The molecule has 2 N–H and O–H groups in total. The first-order chi connectivity index (χ1) is 6.83. The molecule has 1 aliphatic rings. The summed E-state index contributed by atoms with van der Waals surface area (Å²) in [4.78, 5) is 0.